The van der Waals surface area contributed by atoms with Crippen LogP contribution in [0.15, 0.2) is 42.5 Å². The first-order valence-corrected chi connectivity index (χ1v) is 7.52. The number of carbonyl (C=O) groups excluding carboxylic acids is 1. The fraction of sp³-hybridized carbons (Fsp3) is 0.316. The smallest absolute Gasteiger partial charge is 0.261 e. The van der Waals surface area contributed by atoms with Gasteiger partial charge >= 0.3 is 0 Å². The molecule has 0 radical (unpaired) electrons. The topological polar surface area (TPSA) is 38.3 Å². The summed E-state index contributed by atoms with van der Waals surface area (Å²) in [5.74, 6) is 0.621. The lowest BCUT2D eigenvalue weighted by atomic mass is 10.1. The molecule has 0 saturated heterocycles. The van der Waals surface area contributed by atoms with E-state index in [1.165, 1.54) is 5.56 Å². The van der Waals surface area contributed by atoms with E-state index in [0.717, 1.165) is 22.4 Å². The highest BCUT2D eigenvalue weighted by atomic mass is 16.5. The SMILES string of the molecule is Cc1ccc(CNC(=O)[C@H](C)Oc2cc(C)cc(C)c2)cc1. The van der Waals surface area contributed by atoms with Crippen LogP contribution in [0.4, 0.5) is 0 Å². The average Bonchev–Trinajstić information content (AvgIpc) is 2.45. The summed E-state index contributed by atoms with van der Waals surface area (Å²) in [6.07, 6.45) is -0.522. The maximum atomic E-state index is 12.1. The molecule has 2 rings (SSSR count). The van der Waals surface area contributed by atoms with E-state index in [-0.39, 0.29) is 5.91 Å². The third-order valence-electron chi connectivity index (χ3n) is 3.46. The number of ether oxygens (including phenoxy) is 1. The molecule has 0 saturated carbocycles. The van der Waals surface area contributed by atoms with Gasteiger partial charge in [-0.15, -0.1) is 0 Å². The Morgan fingerprint density at radius 1 is 1.00 bits per heavy atom. The number of rotatable bonds is 5. The number of carbonyl (C=O) groups is 1. The lowest BCUT2D eigenvalue weighted by molar-refractivity contribution is -0.127. The minimum absolute atomic E-state index is 0.111. The van der Waals surface area contributed by atoms with Crippen LogP contribution in [0, 0.1) is 20.8 Å². The molecule has 3 heteroatoms. The molecule has 0 fully saturated rings. The van der Waals surface area contributed by atoms with Crippen LogP contribution < -0.4 is 10.1 Å². The molecule has 2 aromatic rings. The van der Waals surface area contributed by atoms with Gasteiger partial charge < -0.3 is 10.1 Å². The van der Waals surface area contributed by atoms with Gasteiger partial charge in [-0.2, -0.15) is 0 Å². The second-order valence-corrected chi connectivity index (χ2v) is 5.79. The van der Waals surface area contributed by atoms with Crippen LogP contribution in [-0.4, -0.2) is 12.0 Å². The Balaban J connectivity index is 1.90. The lowest BCUT2D eigenvalue weighted by Gasteiger charge is -2.15. The van der Waals surface area contributed by atoms with Gasteiger partial charge in [0.25, 0.3) is 5.91 Å². The molecule has 0 spiro atoms. The van der Waals surface area contributed by atoms with Gasteiger partial charge in [0, 0.05) is 6.54 Å². The first-order valence-electron chi connectivity index (χ1n) is 7.52. The molecule has 1 amide bonds. The molecular weight excluding hydrogens is 274 g/mol. The van der Waals surface area contributed by atoms with E-state index >= 15 is 0 Å². The van der Waals surface area contributed by atoms with Gasteiger partial charge in [-0.05, 0) is 56.5 Å². The summed E-state index contributed by atoms with van der Waals surface area (Å²) in [6, 6.07) is 14.1. The Morgan fingerprint density at radius 3 is 2.18 bits per heavy atom. The fourth-order valence-electron chi connectivity index (χ4n) is 2.30. The lowest BCUT2D eigenvalue weighted by Crippen LogP contribution is -2.35. The van der Waals surface area contributed by atoms with Gasteiger partial charge in [-0.1, -0.05) is 35.9 Å². The zero-order chi connectivity index (χ0) is 16.1. The molecule has 0 aromatic heterocycles. The van der Waals surface area contributed by atoms with Gasteiger partial charge in [-0.3, -0.25) is 4.79 Å². The molecule has 3 nitrogen and oxygen atoms in total. The Morgan fingerprint density at radius 2 is 1.59 bits per heavy atom. The average molecular weight is 297 g/mol. The minimum Gasteiger partial charge on any atom is -0.481 e. The van der Waals surface area contributed by atoms with Gasteiger partial charge in [0.2, 0.25) is 0 Å². The number of benzene rings is 2. The van der Waals surface area contributed by atoms with E-state index in [0.29, 0.717) is 6.54 Å². The third-order valence-corrected chi connectivity index (χ3v) is 3.46. The number of nitrogens with one attached hydrogen (secondary N) is 1. The van der Waals surface area contributed by atoms with E-state index in [9.17, 15) is 4.79 Å². The molecule has 0 aliphatic carbocycles. The standard InChI is InChI=1S/C19H23NO2/c1-13-5-7-17(8-6-13)12-20-19(21)16(4)22-18-10-14(2)9-15(3)11-18/h5-11,16H,12H2,1-4H3,(H,20,21)/t16-/m0/s1. The largest absolute Gasteiger partial charge is 0.481 e. The van der Waals surface area contributed by atoms with E-state index in [1.54, 1.807) is 6.92 Å². The third kappa shape index (κ3) is 4.62. The molecule has 0 unspecified atom stereocenters. The fourth-order valence-corrected chi connectivity index (χ4v) is 2.30. The Bertz CT molecular complexity index is 627. The molecular formula is C19H23NO2. The highest BCUT2D eigenvalue weighted by molar-refractivity contribution is 5.80. The number of amides is 1. The molecule has 1 atom stereocenters. The molecule has 0 aliphatic rings. The highest BCUT2D eigenvalue weighted by Gasteiger charge is 2.14. The van der Waals surface area contributed by atoms with Crippen molar-refractivity contribution < 1.29 is 9.53 Å². The van der Waals surface area contributed by atoms with E-state index in [1.807, 2.05) is 57.2 Å². The number of hydrogen-bond acceptors (Lipinski definition) is 2. The van der Waals surface area contributed by atoms with Crippen LogP contribution in [-0.2, 0) is 11.3 Å². The van der Waals surface area contributed by atoms with Crippen LogP contribution in [0.1, 0.15) is 29.2 Å². The van der Waals surface area contributed by atoms with Gasteiger partial charge in [0.05, 0.1) is 0 Å². The Hall–Kier alpha value is -2.29. The van der Waals surface area contributed by atoms with Gasteiger partial charge in [0.1, 0.15) is 5.75 Å². The van der Waals surface area contributed by atoms with Crippen molar-refractivity contribution in [2.45, 2.75) is 40.3 Å². The van der Waals surface area contributed by atoms with Crippen molar-refractivity contribution in [3.05, 3.63) is 64.7 Å². The highest BCUT2D eigenvalue weighted by Crippen LogP contribution is 2.17. The van der Waals surface area contributed by atoms with Crippen molar-refractivity contribution in [3.63, 3.8) is 0 Å². The van der Waals surface area contributed by atoms with Crippen LogP contribution in [0.2, 0.25) is 0 Å². The molecule has 22 heavy (non-hydrogen) atoms. The summed E-state index contributed by atoms with van der Waals surface area (Å²) in [6.45, 7) is 8.36. The second-order valence-electron chi connectivity index (χ2n) is 5.79. The van der Waals surface area contributed by atoms with Crippen molar-refractivity contribution in [2.24, 2.45) is 0 Å². The van der Waals surface area contributed by atoms with Crippen LogP contribution in [0.3, 0.4) is 0 Å². The predicted octanol–water partition coefficient (Wildman–Crippen LogP) is 3.70. The van der Waals surface area contributed by atoms with E-state index < -0.39 is 6.10 Å². The van der Waals surface area contributed by atoms with Crippen molar-refractivity contribution in [2.75, 3.05) is 0 Å². The quantitative estimate of drug-likeness (QED) is 0.914. The number of hydrogen-bond donors (Lipinski definition) is 1. The zero-order valence-corrected chi connectivity index (χ0v) is 13.6. The monoisotopic (exact) mass is 297 g/mol. The molecule has 0 bridgehead atoms. The summed E-state index contributed by atoms with van der Waals surface area (Å²) in [5, 5.41) is 2.90. The molecule has 116 valence electrons. The van der Waals surface area contributed by atoms with Gasteiger partial charge in [-0.25, -0.2) is 0 Å². The van der Waals surface area contributed by atoms with Crippen LogP contribution in [0.5, 0.6) is 5.75 Å². The first-order chi connectivity index (χ1) is 10.4. The summed E-state index contributed by atoms with van der Waals surface area (Å²) >= 11 is 0. The van der Waals surface area contributed by atoms with Crippen molar-refractivity contribution in [1.29, 1.82) is 0 Å². The molecule has 1 N–H and O–H groups in total. The van der Waals surface area contributed by atoms with E-state index in [4.69, 9.17) is 4.74 Å². The molecule has 0 heterocycles. The number of aryl methyl sites for hydroxylation is 3. The Kier molecular flexibility index (Phi) is 5.21. The van der Waals surface area contributed by atoms with Gasteiger partial charge in [0.15, 0.2) is 6.10 Å². The maximum Gasteiger partial charge on any atom is 0.261 e. The summed E-state index contributed by atoms with van der Waals surface area (Å²) in [5.41, 5.74) is 4.55. The van der Waals surface area contributed by atoms with Crippen molar-refractivity contribution >= 4 is 5.91 Å². The summed E-state index contributed by atoms with van der Waals surface area (Å²) in [4.78, 5) is 12.1. The van der Waals surface area contributed by atoms with Crippen molar-refractivity contribution in [1.82, 2.24) is 5.32 Å². The van der Waals surface area contributed by atoms with Crippen molar-refractivity contribution in [3.8, 4) is 5.75 Å². The summed E-state index contributed by atoms with van der Waals surface area (Å²) < 4.78 is 5.73. The zero-order valence-electron chi connectivity index (χ0n) is 13.6. The predicted molar refractivity (Wildman–Crippen MR) is 89.0 cm³/mol. The van der Waals surface area contributed by atoms with Crippen LogP contribution in [0.25, 0.3) is 0 Å². The maximum absolute atomic E-state index is 12.1. The van der Waals surface area contributed by atoms with E-state index in [2.05, 4.69) is 11.4 Å². The Labute approximate surface area is 132 Å². The minimum atomic E-state index is -0.522. The second kappa shape index (κ2) is 7.12. The molecule has 2 aromatic carbocycles. The first kappa shape index (κ1) is 16.1. The van der Waals surface area contributed by atoms with Crippen LogP contribution >= 0.6 is 0 Å². The normalized spacial score (nSPS) is 11.8. The summed E-state index contributed by atoms with van der Waals surface area (Å²) in [7, 11) is 0. The molecule has 0 aliphatic heterocycles.